The Morgan fingerprint density at radius 1 is 1.06 bits per heavy atom. The highest BCUT2D eigenvalue weighted by molar-refractivity contribution is 6.40. The van der Waals surface area contributed by atoms with Gasteiger partial charge in [0.25, 0.3) is 0 Å². The topological polar surface area (TPSA) is 46.9 Å². The fourth-order valence-corrected chi connectivity index (χ4v) is 3.50. The summed E-state index contributed by atoms with van der Waals surface area (Å²) in [5, 5.41) is 2.30. The van der Waals surface area contributed by atoms with Crippen LogP contribution >= 0.6 is 23.2 Å². The number of nitrogens with one attached hydrogen (secondary N) is 1. The molecule has 0 fully saturated rings. The molecule has 0 aliphatic heterocycles. The predicted octanol–water partition coefficient (Wildman–Crippen LogP) is 7.07. The van der Waals surface area contributed by atoms with Gasteiger partial charge < -0.3 is 5.32 Å². The molecule has 0 saturated heterocycles. The van der Waals surface area contributed by atoms with E-state index in [2.05, 4.69) is 31.1 Å². The number of carbonyl (C=O) groups excluding carboxylic acids is 1. The maximum absolute atomic E-state index is 13.7. The van der Waals surface area contributed by atoms with E-state index < -0.39 is 11.7 Å². The van der Waals surface area contributed by atoms with Crippen LogP contribution < -0.4 is 5.32 Å². The molecule has 1 N–H and O–H groups in total. The number of carbonyl (C=O) groups is 1. The molecule has 4 nitrogen and oxygen atoms in total. The maximum atomic E-state index is 13.7. The summed E-state index contributed by atoms with van der Waals surface area (Å²) in [5.74, 6) is -0.380. The number of aryl methyl sites for hydroxylation is 1. The monoisotopic (exact) mass is 483 g/mol. The van der Waals surface area contributed by atoms with Gasteiger partial charge in [0.15, 0.2) is 10.3 Å². The van der Waals surface area contributed by atoms with Gasteiger partial charge in [0.05, 0.1) is 11.3 Å². The second kappa shape index (κ2) is 9.16. The minimum atomic E-state index is -4.68. The van der Waals surface area contributed by atoms with Gasteiger partial charge >= 0.3 is 6.18 Å². The number of halogens is 5. The van der Waals surface area contributed by atoms with Crippen LogP contribution in [0.25, 0.3) is 5.69 Å². The lowest BCUT2D eigenvalue weighted by molar-refractivity contribution is -0.137. The van der Waals surface area contributed by atoms with Crippen molar-refractivity contribution in [1.82, 2.24) is 9.55 Å². The molecule has 0 radical (unpaired) electrons. The van der Waals surface area contributed by atoms with E-state index in [0.29, 0.717) is 6.42 Å². The van der Waals surface area contributed by atoms with Gasteiger partial charge in [-0.3, -0.25) is 9.36 Å². The Balaban J connectivity index is 1.73. The molecule has 0 saturated carbocycles. The van der Waals surface area contributed by atoms with Crippen LogP contribution in [0.1, 0.15) is 43.9 Å². The third kappa shape index (κ3) is 5.64. The Labute approximate surface area is 194 Å². The van der Waals surface area contributed by atoms with E-state index >= 15 is 0 Å². The largest absolute Gasteiger partial charge is 0.418 e. The van der Waals surface area contributed by atoms with Crippen molar-refractivity contribution >= 4 is 34.8 Å². The highest BCUT2D eigenvalue weighted by Gasteiger charge is 2.35. The molecule has 170 valence electrons. The zero-order valence-corrected chi connectivity index (χ0v) is 19.2. The number of alkyl halides is 3. The van der Waals surface area contributed by atoms with E-state index in [4.69, 9.17) is 23.2 Å². The second-order valence-electron chi connectivity index (χ2n) is 8.42. The molecule has 1 heterocycles. The van der Waals surface area contributed by atoms with Gasteiger partial charge in [0.2, 0.25) is 5.91 Å². The molecule has 9 heteroatoms. The number of anilines is 1. The summed E-state index contributed by atoms with van der Waals surface area (Å²) in [5.41, 5.74) is 1.03. The van der Waals surface area contributed by atoms with Gasteiger partial charge in [0.1, 0.15) is 6.33 Å². The molecule has 32 heavy (non-hydrogen) atoms. The summed E-state index contributed by atoms with van der Waals surface area (Å²) in [6.45, 7) is 6.35. The number of nitrogens with zero attached hydrogens (tertiary/aromatic N) is 2. The number of hydrogen-bond acceptors (Lipinski definition) is 2. The van der Waals surface area contributed by atoms with Crippen molar-refractivity contribution in [2.45, 2.75) is 45.2 Å². The molecule has 0 unspecified atom stereocenters. The van der Waals surface area contributed by atoms with E-state index in [-0.39, 0.29) is 39.4 Å². The molecule has 1 amide bonds. The van der Waals surface area contributed by atoms with E-state index in [1.165, 1.54) is 17.7 Å². The lowest BCUT2D eigenvalue weighted by atomic mass is 9.86. The van der Waals surface area contributed by atoms with Crippen molar-refractivity contribution < 1.29 is 18.0 Å². The number of aromatic nitrogens is 2. The molecule has 0 spiro atoms. The fourth-order valence-electron chi connectivity index (χ4n) is 3.18. The Morgan fingerprint density at radius 3 is 2.25 bits per heavy atom. The average molecular weight is 484 g/mol. The summed E-state index contributed by atoms with van der Waals surface area (Å²) in [4.78, 5) is 16.1. The molecule has 1 aromatic heterocycles. The van der Waals surface area contributed by atoms with Gasteiger partial charge in [-0.25, -0.2) is 4.98 Å². The lowest BCUT2D eigenvalue weighted by Crippen LogP contribution is -2.15. The number of benzene rings is 2. The normalized spacial score (nSPS) is 12.1. The Hall–Kier alpha value is -2.51. The van der Waals surface area contributed by atoms with Crippen LogP contribution in [-0.2, 0) is 22.8 Å². The quantitative estimate of drug-likeness (QED) is 0.421. The lowest BCUT2D eigenvalue weighted by Gasteiger charge is -2.19. The van der Waals surface area contributed by atoms with Gasteiger partial charge in [-0.05, 0) is 41.2 Å². The zero-order chi connectivity index (χ0) is 23.7. The molecule has 2 aromatic carbocycles. The summed E-state index contributed by atoms with van der Waals surface area (Å²) < 4.78 is 42.0. The third-order valence-corrected chi connectivity index (χ3v) is 5.71. The van der Waals surface area contributed by atoms with Crippen LogP contribution in [0, 0.1) is 0 Å². The van der Waals surface area contributed by atoms with Crippen molar-refractivity contribution in [3.63, 3.8) is 0 Å². The Bertz CT molecular complexity index is 1120. The van der Waals surface area contributed by atoms with Crippen LogP contribution in [0.4, 0.5) is 18.9 Å². The molecule has 3 rings (SSSR count). The number of rotatable bonds is 5. The molecule has 0 aliphatic rings. The number of hydrogen-bond donors (Lipinski definition) is 1. The molecular formula is C23H22Cl2F3N3O. The summed E-state index contributed by atoms with van der Waals surface area (Å²) >= 11 is 11.7. The molecular weight excluding hydrogens is 462 g/mol. The summed E-state index contributed by atoms with van der Waals surface area (Å²) in [7, 11) is 0. The smallest absolute Gasteiger partial charge is 0.326 e. The molecule has 3 aromatic rings. The first-order chi connectivity index (χ1) is 14.9. The molecule has 0 aliphatic carbocycles. The van der Waals surface area contributed by atoms with Crippen LogP contribution in [0.2, 0.25) is 10.3 Å². The third-order valence-electron chi connectivity index (χ3n) is 4.97. The van der Waals surface area contributed by atoms with Crippen LogP contribution in [0.15, 0.2) is 48.8 Å². The van der Waals surface area contributed by atoms with Crippen molar-refractivity contribution in [2.24, 2.45) is 0 Å². The van der Waals surface area contributed by atoms with Gasteiger partial charge in [-0.15, -0.1) is 0 Å². The van der Waals surface area contributed by atoms with Gasteiger partial charge in [0, 0.05) is 12.1 Å². The minimum Gasteiger partial charge on any atom is -0.326 e. The van der Waals surface area contributed by atoms with Crippen LogP contribution in [-0.4, -0.2) is 15.5 Å². The highest BCUT2D eigenvalue weighted by atomic mass is 35.5. The number of imidazole rings is 1. The van der Waals surface area contributed by atoms with E-state index in [1.807, 2.05) is 24.3 Å². The minimum absolute atomic E-state index is 0.0323. The number of amides is 1. The Kier molecular flexibility index (Phi) is 6.91. The fraction of sp³-hybridized carbons (Fsp3) is 0.304. The van der Waals surface area contributed by atoms with Crippen molar-refractivity contribution in [3.8, 4) is 5.69 Å². The highest BCUT2D eigenvalue weighted by Crippen LogP contribution is 2.37. The first-order valence-corrected chi connectivity index (χ1v) is 10.6. The van der Waals surface area contributed by atoms with Crippen LogP contribution in [0.3, 0.4) is 0 Å². The zero-order valence-electron chi connectivity index (χ0n) is 17.7. The molecule has 0 atom stereocenters. The van der Waals surface area contributed by atoms with Crippen molar-refractivity contribution in [3.05, 3.63) is 75.8 Å². The first-order valence-electron chi connectivity index (χ1n) is 9.85. The SMILES string of the molecule is CC(C)(C)c1ccc(CCC(=O)Nc2ccc(-n3cnc(Cl)c3Cl)c(C(F)(F)F)c2)cc1. The van der Waals surface area contributed by atoms with E-state index in [9.17, 15) is 18.0 Å². The maximum Gasteiger partial charge on any atom is 0.418 e. The van der Waals surface area contributed by atoms with E-state index in [0.717, 1.165) is 22.5 Å². The first kappa shape index (κ1) is 24.1. The molecule has 0 bridgehead atoms. The van der Waals surface area contributed by atoms with Crippen molar-refractivity contribution in [1.29, 1.82) is 0 Å². The predicted molar refractivity (Wildman–Crippen MR) is 121 cm³/mol. The standard InChI is InChI=1S/C23H22Cl2F3N3O/c1-22(2,3)15-7-4-14(5-8-15)6-11-19(32)30-16-9-10-18(17(12-16)23(26,27)28)31-13-29-20(24)21(31)25/h4-5,7-10,12-13H,6,11H2,1-3H3,(H,30,32). The van der Waals surface area contributed by atoms with Gasteiger partial charge in [-0.1, -0.05) is 68.2 Å². The van der Waals surface area contributed by atoms with E-state index in [1.54, 1.807) is 0 Å². The summed E-state index contributed by atoms with van der Waals surface area (Å²) in [6, 6.07) is 11.4. The summed E-state index contributed by atoms with van der Waals surface area (Å²) in [6.07, 6.45) is -2.95. The van der Waals surface area contributed by atoms with Crippen molar-refractivity contribution in [2.75, 3.05) is 5.32 Å². The second-order valence-corrected chi connectivity index (χ2v) is 9.14. The Morgan fingerprint density at radius 2 is 1.72 bits per heavy atom. The van der Waals surface area contributed by atoms with Crippen LogP contribution in [0.5, 0.6) is 0 Å². The average Bonchev–Trinajstić information content (AvgIpc) is 3.04. The van der Waals surface area contributed by atoms with Gasteiger partial charge in [-0.2, -0.15) is 13.2 Å².